The number of Topliss-reactive ketones (excluding diaryl/α,β-unsaturated/α-hetero) is 1. The quantitative estimate of drug-likeness (QED) is 0.296. The van der Waals surface area contributed by atoms with Crippen molar-refractivity contribution in [3.63, 3.8) is 0 Å². The Morgan fingerprint density at radius 2 is 1.79 bits per heavy atom. The number of carbonyl (C=O) groups is 2. The minimum Gasteiger partial charge on any atom is -0.469 e. The van der Waals surface area contributed by atoms with Crippen LogP contribution in [-0.2, 0) is 26.1 Å². The molecule has 0 amide bonds. The molecule has 0 saturated carbocycles. The highest BCUT2D eigenvalue weighted by molar-refractivity contribution is 7.88. The van der Waals surface area contributed by atoms with Crippen molar-refractivity contribution in [1.29, 1.82) is 0 Å². The van der Waals surface area contributed by atoms with Gasteiger partial charge in [-0.25, -0.2) is 0 Å². The maximum absolute atomic E-state index is 13.1. The predicted octanol–water partition coefficient (Wildman–Crippen LogP) is 3.55. The van der Waals surface area contributed by atoms with Crippen molar-refractivity contribution in [3.05, 3.63) is 29.3 Å². The van der Waals surface area contributed by atoms with Gasteiger partial charge in [0.05, 0.1) is 25.4 Å². The Balaban J connectivity index is 2.41. The van der Waals surface area contributed by atoms with Crippen LogP contribution >= 0.6 is 0 Å². The van der Waals surface area contributed by atoms with Crippen LogP contribution in [0.4, 0.5) is 26.3 Å². The number of carbonyl (C=O) groups excluding carboxylic acids is 2. The molecular formula is C16H14F6O6S. The van der Waals surface area contributed by atoms with E-state index in [-0.39, 0.29) is 17.5 Å². The third-order valence-corrected chi connectivity index (χ3v) is 5.39. The van der Waals surface area contributed by atoms with Crippen LogP contribution in [0, 0.1) is 5.41 Å². The Morgan fingerprint density at radius 3 is 2.31 bits per heavy atom. The van der Waals surface area contributed by atoms with E-state index >= 15 is 0 Å². The lowest BCUT2D eigenvalue weighted by atomic mass is 9.66. The van der Waals surface area contributed by atoms with Crippen molar-refractivity contribution in [2.45, 2.75) is 37.4 Å². The molecule has 1 aliphatic rings. The molecule has 13 heteroatoms. The summed E-state index contributed by atoms with van der Waals surface area (Å²) in [7, 11) is -5.00. The van der Waals surface area contributed by atoms with Gasteiger partial charge in [0.1, 0.15) is 5.75 Å². The first kappa shape index (κ1) is 23.0. The summed E-state index contributed by atoms with van der Waals surface area (Å²) < 4.78 is 107. The molecule has 162 valence electrons. The molecule has 0 aliphatic heterocycles. The predicted molar refractivity (Wildman–Crippen MR) is 84.4 cm³/mol. The van der Waals surface area contributed by atoms with Gasteiger partial charge in [0.15, 0.2) is 5.78 Å². The SMILES string of the molecule is COC(=O)CC1(CC(F)(F)F)CCc2cc(OS(=O)(=O)C(F)(F)F)ccc2C1=O. The molecule has 6 nitrogen and oxygen atoms in total. The standard InChI is InChI=1S/C16H14F6O6S/c1-27-12(23)7-14(8-15(17,18)19)5-4-9-6-10(2-3-11(9)13(14)24)28-29(25,26)16(20,21)22/h2-3,6H,4-5,7-8H2,1H3. The third kappa shape index (κ3) is 5.00. The maximum atomic E-state index is 13.1. The van der Waals surface area contributed by atoms with E-state index in [0.29, 0.717) is 0 Å². The number of ketones is 1. The number of fused-ring (bicyclic) bond motifs is 1. The summed E-state index contributed by atoms with van der Waals surface area (Å²) in [6.45, 7) is 0. The molecule has 1 atom stereocenters. The molecule has 0 bridgehead atoms. The van der Waals surface area contributed by atoms with Gasteiger partial charge in [-0.1, -0.05) is 0 Å². The molecular weight excluding hydrogens is 434 g/mol. The molecule has 1 aromatic carbocycles. The second-order valence-corrected chi connectivity index (χ2v) is 7.99. The molecule has 29 heavy (non-hydrogen) atoms. The number of benzene rings is 1. The minimum absolute atomic E-state index is 0.00698. The topological polar surface area (TPSA) is 86.7 Å². The first-order valence-corrected chi connectivity index (χ1v) is 9.33. The number of hydrogen-bond acceptors (Lipinski definition) is 6. The van der Waals surface area contributed by atoms with Gasteiger partial charge in [-0.2, -0.15) is 34.8 Å². The van der Waals surface area contributed by atoms with E-state index in [1.54, 1.807) is 0 Å². The zero-order valence-electron chi connectivity index (χ0n) is 14.7. The Morgan fingerprint density at radius 1 is 1.17 bits per heavy atom. The normalized spacial score (nSPS) is 20.2. The van der Waals surface area contributed by atoms with Crippen LogP contribution in [0.5, 0.6) is 5.75 Å². The summed E-state index contributed by atoms with van der Waals surface area (Å²) in [5, 5.41) is 0. The van der Waals surface area contributed by atoms with Gasteiger partial charge in [-0.3, -0.25) is 9.59 Å². The van der Waals surface area contributed by atoms with E-state index in [9.17, 15) is 44.3 Å². The molecule has 0 fully saturated rings. The fourth-order valence-corrected chi connectivity index (χ4v) is 3.58. The van der Waals surface area contributed by atoms with Crippen LogP contribution in [-0.4, -0.2) is 39.0 Å². The van der Waals surface area contributed by atoms with E-state index in [2.05, 4.69) is 8.92 Å². The smallest absolute Gasteiger partial charge is 0.469 e. The van der Waals surface area contributed by atoms with E-state index in [1.807, 2.05) is 0 Å². The van der Waals surface area contributed by atoms with Crippen molar-refractivity contribution in [1.82, 2.24) is 0 Å². The Labute approximate surface area is 160 Å². The third-order valence-electron chi connectivity index (χ3n) is 4.41. The number of hydrogen-bond donors (Lipinski definition) is 0. The van der Waals surface area contributed by atoms with Crippen LogP contribution in [0.25, 0.3) is 0 Å². The monoisotopic (exact) mass is 448 g/mol. The van der Waals surface area contributed by atoms with Gasteiger partial charge in [-0.05, 0) is 36.6 Å². The minimum atomic E-state index is -5.95. The average molecular weight is 448 g/mol. The Bertz CT molecular complexity index is 921. The molecule has 0 saturated heterocycles. The summed E-state index contributed by atoms with van der Waals surface area (Å²) in [6.07, 6.45) is -7.86. The van der Waals surface area contributed by atoms with Crippen molar-refractivity contribution >= 4 is 21.9 Å². The van der Waals surface area contributed by atoms with Gasteiger partial charge in [0.2, 0.25) is 0 Å². The molecule has 0 N–H and O–H groups in total. The summed E-state index contributed by atoms with van der Waals surface area (Å²) in [5.74, 6) is -2.81. The van der Waals surface area contributed by atoms with Crippen LogP contribution in [0.3, 0.4) is 0 Å². The first-order chi connectivity index (χ1) is 13.1. The zero-order valence-corrected chi connectivity index (χ0v) is 15.5. The molecule has 1 aliphatic carbocycles. The highest BCUT2D eigenvalue weighted by atomic mass is 32.2. The summed E-state index contributed by atoms with van der Waals surface area (Å²) >= 11 is 0. The van der Waals surface area contributed by atoms with Crippen LogP contribution in [0.1, 0.15) is 35.2 Å². The second-order valence-electron chi connectivity index (χ2n) is 6.46. The zero-order chi connectivity index (χ0) is 22.3. The molecule has 1 unspecified atom stereocenters. The largest absolute Gasteiger partial charge is 0.534 e. The van der Waals surface area contributed by atoms with Crippen molar-refractivity contribution in [2.75, 3.05) is 7.11 Å². The fourth-order valence-electron chi connectivity index (χ4n) is 3.13. The van der Waals surface area contributed by atoms with E-state index in [4.69, 9.17) is 0 Å². The number of methoxy groups -OCH3 is 1. The number of halogens is 6. The van der Waals surface area contributed by atoms with E-state index in [1.165, 1.54) is 0 Å². The molecule has 0 heterocycles. The van der Waals surface area contributed by atoms with Gasteiger partial charge in [0, 0.05) is 5.56 Å². The molecule has 2 rings (SSSR count). The molecule has 1 aromatic rings. The highest BCUT2D eigenvalue weighted by Crippen LogP contribution is 2.46. The number of rotatable bonds is 5. The lowest BCUT2D eigenvalue weighted by molar-refractivity contribution is -0.161. The molecule has 0 spiro atoms. The van der Waals surface area contributed by atoms with Crippen LogP contribution < -0.4 is 4.18 Å². The van der Waals surface area contributed by atoms with Crippen molar-refractivity contribution in [2.24, 2.45) is 5.41 Å². The maximum Gasteiger partial charge on any atom is 0.534 e. The summed E-state index contributed by atoms with van der Waals surface area (Å²) in [4.78, 5) is 24.4. The lowest BCUT2D eigenvalue weighted by Crippen LogP contribution is -2.41. The van der Waals surface area contributed by atoms with E-state index in [0.717, 1.165) is 25.3 Å². The summed E-state index contributed by atoms with van der Waals surface area (Å²) in [6, 6.07) is 2.44. The molecule has 0 radical (unpaired) electrons. The second kappa shape index (κ2) is 7.50. The van der Waals surface area contributed by atoms with Crippen LogP contribution in [0.2, 0.25) is 0 Å². The fraction of sp³-hybridized carbons (Fsp3) is 0.500. The first-order valence-electron chi connectivity index (χ1n) is 7.92. The average Bonchev–Trinajstić information content (AvgIpc) is 2.55. The van der Waals surface area contributed by atoms with Gasteiger partial charge in [-0.15, -0.1) is 0 Å². The van der Waals surface area contributed by atoms with Gasteiger partial charge < -0.3 is 8.92 Å². The van der Waals surface area contributed by atoms with Gasteiger partial charge >= 0.3 is 27.8 Å². The number of esters is 1. The van der Waals surface area contributed by atoms with Crippen LogP contribution in [0.15, 0.2) is 18.2 Å². The van der Waals surface area contributed by atoms with Crippen molar-refractivity contribution < 1.29 is 53.3 Å². The number of ether oxygens (including phenoxy) is 1. The Hall–Kier alpha value is -2.31. The molecule has 0 aromatic heterocycles. The highest BCUT2D eigenvalue weighted by Gasteiger charge is 2.52. The van der Waals surface area contributed by atoms with Gasteiger partial charge in [0.25, 0.3) is 0 Å². The number of alkyl halides is 6. The van der Waals surface area contributed by atoms with E-state index < -0.39 is 64.0 Å². The lowest BCUT2D eigenvalue weighted by Gasteiger charge is -2.36. The number of aryl methyl sites for hydroxylation is 1. The Kier molecular flexibility index (Phi) is 5.94. The summed E-state index contributed by atoms with van der Waals surface area (Å²) in [5.41, 5.74) is -8.06. The van der Waals surface area contributed by atoms with Crippen molar-refractivity contribution in [3.8, 4) is 5.75 Å².